The molecule has 70 valence electrons. The molecular formula is C9H11NO3. The molecule has 0 radical (unpaired) electrons. The lowest BCUT2D eigenvalue weighted by molar-refractivity contribution is -0.139. The summed E-state index contributed by atoms with van der Waals surface area (Å²) in [6, 6.07) is 3.43. The predicted octanol–water partition coefficient (Wildman–Crippen LogP) is 0.771. The van der Waals surface area contributed by atoms with Gasteiger partial charge in [0.2, 0.25) is 0 Å². The maximum absolute atomic E-state index is 11.4. The number of ether oxygens (including phenoxy) is 1. The molecule has 4 nitrogen and oxygen atoms in total. The van der Waals surface area contributed by atoms with E-state index in [4.69, 9.17) is 0 Å². The fourth-order valence-electron chi connectivity index (χ4n) is 1.04. The number of aryl methyl sites for hydroxylation is 1. The van der Waals surface area contributed by atoms with Gasteiger partial charge in [-0.15, -0.1) is 0 Å². The Morgan fingerprint density at radius 1 is 1.54 bits per heavy atom. The molecule has 13 heavy (non-hydrogen) atoms. The molecule has 0 bridgehead atoms. The van der Waals surface area contributed by atoms with Crippen LogP contribution in [0.1, 0.15) is 16.9 Å². The van der Waals surface area contributed by atoms with Crippen molar-refractivity contribution in [2.45, 2.75) is 6.42 Å². The first-order valence-corrected chi connectivity index (χ1v) is 3.86. The highest BCUT2D eigenvalue weighted by Gasteiger charge is 2.13. The molecule has 1 aromatic heterocycles. The first-order chi connectivity index (χ1) is 6.15. The third-order valence-electron chi connectivity index (χ3n) is 1.76. The second-order valence-electron chi connectivity index (χ2n) is 2.68. The Hall–Kier alpha value is -1.58. The number of carbonyl (C=O) groups is 2. The third kappa shape index (κ3) is 2.18. The van der Waals surface area contributed by atoms with E-state index in [0.29, 0.717) is 5.69 Å². The quantitative estimate of drug-likeness (QED) is 0.393. The Balaban J connectivity index is 2.69. The summed E-state index contributed by atoms with van der Waals surface area (Å²) >= 11 is 0. The topological polar surface area (TPSA) is 48.3 Å². The van der Waals surface area contributed by atoms with Crippen LogP contribution in [0.4, 0.5) is 0 Å². The SMILES string of the molecule is COC(=O)CC(=O)c1cccn1C. The largest absolute Gasteiger partial charge is 0.469 e. The summed E-state index contributed by atoms with van der Waals surface area (Å²) in [7, 11) is 3.02. The van der Waals surface area contributed by atoms with Gasteiger partial charge >= 0.3 is 5.97 Å². The molecule has 0 aliphatic heterocycles. The summed E-state index contributed by atoms with van der Waals surface area (Å²) in [5.41, 5.74) is 0.519. The molecule has 1 rings (SSSR count). The number of hydrogen-bond donors (Lipinski definition) is 0. The number of nitrogens with zero attached hydrogens (tertiary/aromatic N) is 1. The number of carbonyl (C=O) groups excluding carboxylic acids is 2. The minimum absolute atomic E-state index is 0.200. The highest BCUT2D eigenvalue weighted by molar-refractivity contribution is 6.04. The smallest absolute Gasteiger partial charge is 0.313 e. The van der Waals surface area contributed by atoms with Crippen LogP contribution in [0.2, 0.25) is 0 Å². The molecule has 0 saturated carbocycles. The van der Waals surface area contributed by atoms with E-state index in [2.05, 4.69) is 4.74 Å². The highest BCUT2D eigenvalue weighted by atomic mass is 16.5. The zero-order chi connectivity index (χ0) is 9.84. The summed E-state index contributed by atoms with van der Waals surface area (Å²) in [5, 5.41) is 0. The van der Waals surface area contributed by atoms with Crippen molar-refractivity contribution >= 4 is 11.8 Å². The van der Waals surface area contributed by atoms with Crippen molar-refractivity contribution in [3.63, 3.8) is 0 Å². The van der Waals surface area contributed by atoms with Gasteiger partial charge in [-0.2, -0.15) is 0 Å². The Bertz CT molecular complexity index is 327. The van der Waals surface area contributed by atoms with E-state index in [1.165, 1.54) is 7.11 Å². The van der Waals surface area contributed by atoms with Gasteiger partial charge in [-0.25, -0.2) is 0 Å². The Labute approximate surface area is 76.1 Å². The van der Waals surface area contributed by atoms with Crippen LogP contribution in [0.3, 0.4) is 0 Å². The van der Waals surface area contributed by atoms with Crippen molar-refractivity contribution in [1.29, 1.82) is 0 Å². The molecule has 0 atom stereocenters. The van der Waals surface area contributed by atoms with Gasteiger partial charge in [0.05, 0.1) is 12.8 Å². The first kappa shape index (κ1) is 9.51. The molecule has 0 amide bonds. The van der Waals surface area contributed by atoms with Crippen molar-refractivity contribution in [2.75, 3.05) is 7.11 Å². The summed E-state index contributed by atoms with van der Waals surface area (Å²) in [6.07, 6.45) is 1.55. The Morgan fingerprint density at radius 3 is 2.69 bits per heavy atom. The molecule has 0 spiro atoms. The van der Waals surface area contributed by atoms with Crippen LogP contribution in [0.5, 0.6) is 0 Å². The summed E-state index contributed by atoms with van der Waals surface area (Å²) in [5.74, 6) is -0.731. The van der Waals surface area contributed by atoms with E-state index in [9.17, 15) is 9.59 Å². The second-order valence-corrected chi connectivity index (χ2v) is 2.68. The van der Waals surface area contributed by atoms with Gasteiger partial charge in [0, 0.05) is 13.2 Å². The third-order valence-corrected chi connectivity index (χ3v) is 1.76. The van der Waals surface area contributed by atoms with Crippen molar-refractivity contribution < 1.29 is 14.3 Å². The lowest BCUT2D eigenvalue weighted by atomic mass is 10.2. The number of esters is 1. The van der Waals surface area contributed by atoms with Crippen LogP contribution in [-0.4, -0.2) is 23.4 Å². The molecule has 0 fully saturated rings. The molecule has 1 aromatic rings. The maximum Gasteiger partial charge on any atom is 0.313 e. The normalized spacial score (nSPS) is 9.69. The van der Waals surface area contributed by atoms with E-state index in [0.717, 1.165) is 0 Å². The van der Waals surface area contributed by atoms with Crippen molar-refractivity contribution in [3.8, 4) is 0 Å². The fraction of sp³-hybridized carbons (Fsp3) is 0.333. The molecule has 0 saturated heterocycles. The fourth-order valence-corrected chi connectivity index (χ4v) is 1.04. The molecular weight excluding hydrogens is 170 g/mol. The molecule has 1 heterocycles. The Kier molecular flexibility index (Phi) is 2.84. The molecule has 0 aromatic carbocycles. The standard InChI is InChI=1S/C9H11NO3/c1-10-5-3-4-7(10)8(11)6-9(12)13-2/h3-5H,6H2,1-2H3. The van der Waals surface area contributed by atoms with E-state index >= 15 is 0 Å². The molecule has 0 unspecified atom stereocenters. The number of ketones is 1. The predicted molar refractivity (Wildman–Crippen MR) is 46.4 cm³/mol. The van der Waals surface area contributed by atoms with E-state index < -0.39 is 5.97 Å². The van der Waals surface area contributed by atoms with E-state index in [1.807, 2.05) is 0 Å². The maximum atomic E-state index is 11.4. The van der Waals surface area contributed by atoms with Crippen LogP contribution in [0.15, 0.2) is 18.3 Å². The number of Topliss-reactive ketones (excluding diaryl/α,β-unsaturated/α-hetero) is 1. The Morgan fingerprint density at radius 2 is 2.23 bits per heavy atom. The lowest BCUT2D eigenvalue weighted by Crippen LogP contribution is -2.12. The second kappa shape index (κ2) is 3.89. The van der Waals surface area contributed by atoms with Crippen LogP contribution in [0, 0.1) is 0 Å². The summed E-state index contributed by atoms with van der Waals surface area (Å²) in [6.45, 7) is 0. The monoisotopic (exact) mass is 181 g/mol. The highest BCUT2D eigenvalue weighted by Crippen LogP contribution is 2.04. The minimum atomic E-state index is -0.508. The van der Waals surface area contributed by atoms with Gasteiger partial charge in [-0.3, -0.25) is 9.59 Å². The van der Waals surface area contributed by atoms with Gasteiger partial charge in [0.15, 0.2) is 5.78 Å². The van der Waals surface area contributed by atoms with Crippen LogP contribution >= 0.6 is 0 Å². The molecule has 0 aliphatic rings. The van der Waals surface area contributed by atoms with Crippen LogP contribution in [0.25, 0.3) is 0 Å². The van der Waals surface area contributed by atoms with Crippen molar-refractivity contribution in [2.24, 2.45) is 7.05 Å². The van der Waals surface area contributed by atoms with E-state index in [1.54, 1.807) is 29.9 Å². The van der Waals surface area contributed by atoms with Gasteiger partial charge in [-0.1, -0.05) is 0 Å². The molecule has 0 N–H and O–H groups in total. The first-order valence-electron chi connectivity index (χ1n) is 3.86. The van der Waals surface area contributed by atoms with Crippen molar-refractivity contribution in [1.82, 2.24) is 4.57 Å². The summed E-state index contributed by atoms with van der Waals surface area (Å²) < 4.78 is 6.06. The number of aromatic nitrogens is 1. The van der Waals surface area contributed by atoms with Crippen LogP contribution in [-0.2, 0) is 16.6 Å². The van der Waals surface area contributed by atoms with Gasteiger partial charge in [0.25, 0.3) is 0 Å². The number of hydrogen-bond acceptors (Lipinski definition) is 3. The lowest BCUT2D eigenvalue weighted by Gasteiger charge is -2.00. The van der Waals surface area contributed by atoms with Crippen LogP contribution < -0.4 is 0 Å². The average Bonchev–Trinajstić information content (AvgIpc) is 2.51. The zero-order valence-electron chi connectivity index (χ0n) is 7.61. The summed E-state index contributed by atoms with van der Waals surface area (Å²) in [4.78, 5) is 22.2. The van der Waals surface area contributed by atoms with E-state index in [-0.39, 0.29) is 12.2 Å². The minimum Gasteiger partial charge on any atom is -0.469 e. The molecule has 0 aliphatic carbocycles. The van der Waals surface area contributed by atoms with Gasteiger partial charge in [-0.05, 0) is 12.1 Å². The van der Waals surface area contributed by atoms with Gasteiger partial charge in [0.1, 0.15) is 6.42 Å². The number of methoxy groups -OCH3 is 1. The number of rotatable bonds is 3. The molecule has 4 heteroatoms. The zero-order valence-corrected chi connectivity index (χ0v) is 7.61. The average molecular weight is 181 g/mol. The van der Waals surface area contributed by atoms with Gasteiger partial charge < -0.3 is 9.30 Å². The van der Waals surface area contributed by atoms with Crippen molar-refractivity contribution in [3.05, 3.63) is 24.0 Å².